The van der Waals surface area contributed by atoms with Gasteiger partial charge in [0, 0.05) is 10.6 Å². The summed E-state index contributed by atoms with van der Waals surface area (Å²) in [6, 6.07) is 7.92. The van der Waals surface area contributed by atoms with Gasteiger partial charge in [-0.2, -0.15) is 0 Å². The molecule has 1 aliphatic heterocycles. The number of rotatable bonds is 2. The Labute approximate surface area is 99.4 Å². The molecule has 0 aromatic heterocycles. The van der Waals surface area contributed by atoms with Crippen molar-refractivity contribution in [2.24, 2.45) is 0 Å². The second kappa shape index (κ2) is 4.63. The summed E-state index contributed by atoms with van der Waals surface area (Å²) in [5, 5.41) is 0. The lowest BCUT2D eigenvalue weighted by atomic mass is 10.0. The predicted molar refractivity (Wildman–Crippen MR) is 64.3 cm³/mol. The molecule has 1 heterocycles. The first-order valence-electron chi connectivity index (χ1n) is 5.10. The monoisotopic (exact) mass is 232 g/mol. The minimum atomic E-state index is -0.453. The SMILES string of the molecule is C#C[C@H](C)OC(=O)[C@@H]1CSc2ccccc21. The molecule has 1 aromatic carbocycles. The van der Waals surface area contributed by atoms with E-state index in [4.69, 9.17) is 11.2 Å². The first-order chi connectivity index (χ1) is 7.72. The van der Waals surface area contributed by atoms with Gasteiger partial charge < -0.3 is 4.74 Å². The molecule has 0 bridgehead atoms. The van der Waals surface area contributed by atoms with Crippen molar-refractivity contribution in [2.45, 2.75) is 23.8 Å². The number of carbonyl (C=O) groups excluding carboxylic acids is 1. The van der Waals surface area contributed by atoms with Crippen LogP contribution in [0.3, 0.4) is 0 Å². The molecule has 0 amide bonds. The molecule has 82 valence electrons. The van der Waals surface area contributed by atoms with E-state index in [1.807, 2.05) is 24.3 Å². The molecule has 0 spiro atoms. The van der Waals surface area contributed by atoms with E-state index in [2.05, 4.69) is 5.92 Å². The molecule has 1 aliphatic rings. The Morgan fingerprint density at radius 1 is 1.62 bits per heavy atom. The van der Waals surface area contributed by atoms with Crippen molar-refractivity contribution in [2.75, 3.05) is 5.75 Å². The maximum absolute atomic E-state index is 11.8. The van der Waals surface area contributed by atoms with E-state index in [0.29, 0.717) is 0 Å². The molecule has 0 saturated carbocycles. The van der Waals surface area contributed by atoms with Crippen LogP contribution in [0, 0.1) is 12.3 Å². The second-order valence-corrected chi connectivity index (χ2v) is 4.71. The minimum Gasteiger partial charge on any atom is -0.449 e. The zero-order valence-corrected chi connectivity index (χ0v) is 9.79. The largest absolute Gasteiger partial charge is 0.449 e. The Morgan fingerprint density at radius 3 is 3.12 bits per heavy atom. The number of fused-ring (bicyclic) bond motifs is 1. The smallest absolute Gasteiger partial charge is 0.315 e. The quantitative estimate of drug-likeness (QED) is 0.578. The van der Waals surface area contributed by atoms with Crippen molar-refractivity contribution >= 4 is 17.7 Å². The van der Waals surface area contributed by atoms with Crippen LogP contribution in [0.5, 0.6) is 0 Å². The Kier molecular flexibility index (Phi) is 3.21. The van der Waals surface area contributed by atoms with Crippen LogP contribution in [0.2, 0.25) is 0 Å². The third kappa shape index (κ3) is 2.07. The maximum atomic E-state index is 11.8. The summed E-state index contributed by atoms with van der Waals surface area (Å²) in [6.07, 6.45) is 4.73. The van der Waals surface area contributed by atoms with Crippen LogP contribution < -0.4 is 0 Å². The van der Waals surface area contributed by atoms with Crippen molar-refractivity contribution < 1.29 is 9.53 Å². The molecule has 3 heteroatoms. The van der Waals surface area contributed by atoms with Crippen LogP contribution in [0.1, 0.15) is 18.4 Å². The van der Waals surface area contributed by atoms with Gasteiger partial charge in [-0.3, -0.25) is 4.79 Å². The number of hydrogen-bond acceptors (Lipinski definition) is 3. The van der Waals surface area contributed by atoms with Gasteiger partial charge in [0.1, 0.15) is 0 Å². The zero-order chi connectivity index (χ0) is 11.5. The summed E-state index contributed by atoms with van der Waals surface area (Å²) in [5.74, 6) is 2.75. The average Bonchev–Trinajstić information content (AvgIpc) is 2.72. The van der Waals surface area contributed by atoms with Gasteiger partial charge in [-0.1, -0.05) is 24.1 Å². The summed E-state index contributed by atoms with van der Waals surface area (Å²) in [5.41, 5.74) is 1.06. The molecule has 0 N–H and O–H groups in total. The normalized spacial score (nSPS) is 19.6. The van der Waals surface area contributed by atoms with E-state index in [1.54, 1.807) is 18.7 Å². The van der Waals surface area contributed by atoms with Gasteiger partial charge in [-0.15, -0.1) is 18.2 Å². The molecule has 0 unspecified atom stereocenters. The van der Waals surface area contributed by atoms with E-state index >= 15 is 0 Å². The molecular formula is C13H12O2S. The number of thioether (sulfide) groups is 1. The van der Waals surface area contributed by atoms with Gasteiger partial charge in [0.15, 0.2) is 6.10 Å². The second-order valence-electron chi connectivity index (χ2n) is 3.65. The van der Waals surface area contributed by atoms with Crippen molar-refractivity contribution in [1.82, 2.24) is 0 Å². The number of benzene rings is 1. The van der Waals surface area contributed by atoms with E-state index < -0.39 is 6.10 Å². The zero-order valence-electron chi connectivity index (χ0n) is 8.97. The van der Waals surface area contributed by atoms with Crippen molar-refractivity contribution in [3.8, 4) is 12.3 Å². The lowest BCUT2D eigenvalue weighted by Crippen LogP contribution is -2.20. The lowest BCUT2D eigenvalue weighted by Gasteiger charge is -2.12. The van der Waals surface area contributed by atoms with E-state index in [-0.39, 0.29) is 11.9 Å². The van der Waals surface area contributed by atoms with Crippen LogP contribution in [0.25, 0.3) is 0 Å². The highest BCUT2D eigenvalue weighted by molar-refractivity contribution is 7.99. The van der Waals surface area contributed by atoms with Crippen LogP contribution in [0.15, 0.2) is 29.2 Å². The van der Waals surface area contributed by atoms with E-state index in [9.17, 15) is 4.79 Å². The molecule has 2 rings (SSSR count). The summed E-state index contributed by atoms with van der Waals surface area (Å²) < 4.78 is 5.15. The highest BCUT2D eigenvalue weighted by Gasteiger charge is 2.30. The van der Waals surface area contributed by atoms with Crippen LogP contribution in [0.4, 0.5) is 0 Å². The van der Waals surface area contributed by atoms with Crippen LogP contribution in [-0.4, -0.2) is 17.8 Å². The molecule has 2 atom stereocenters. The fourth-order valence-corrected chi connectivity index (χ4v) is 2.86. The first kappa shape index (κ1) is 11.1. The number of carbonyl (C=O) groups is 1. The van der Waals surface area contributed by atoms with Crippen LogP contribution in [-0.2, 0) is 9.53 Å². The molecule has 16 heavy (non-hydrogen) atoms. The highest BCUT2D eigenvalue weighted by Crippen LogP contribution is 2.39. The fourth-order valence-electron chi connectivity index (χ4n) is 1.65. The molecule has 0 aliphatic carbocycles. The molecule has 0 fully saturated rings. The Balaban J connectivity index is 2.14. The number of hydrogen-bond donors (Lipinski definition) is 0. The topological polar surface area (TPSA) is 26.3 Å². The number of terminal acetylenes is 1. The van der Waals surface area contributed by atoms with Gasteiger partial charge in [0.05, 0.1) is 5.92 Å². The number of esters is 1. The van der Waals surface area contributed by atoms with Gasteiger partial charge in [0.2, 0.25) is 0 Å². The fraction of sp³-hybridized carbons (Fsp3) is 0.308. The average molecular weight is 232 g/mol. The molecular weight excluding hydrogens is 220 g/mol. The van der Waals surface area contributed by atoms with Gasteiger partial charge in [-0.25, -0.2) is 0 Å². The van der Waals surface area contributed by atoms with Gasteiger partial charge in [0.25, 0.3) is 0 Å². The number of ether oxygens (including phenoxy) is 1. The predicted octanol–water partition coefficient (Wildman–Crippen LogP) is 2.44. The highest BCUT2D eigenvalue weighted by atomic mass is 32.2. The Hall–Kier alpha value is -1.40. The Morgan fingerprint density at radius 2 is 2.38 bits per heavy atom. The summed E-state index contributed by atoms with van der Waals surface area (Å²) in [7, 11) is 0. The molecule has 0 saturated heterocycles. The van der Waals surface area contributed by atoms with Crippen molar-refractivity contribution in [3.05, 3.63) is 29.8 Å². The summed E-state index contributed by atoms with van der Waals surface area (Å²) in [6.45, 7) is 1.70. The van der Waals surface area contributed by atoms with Gasteiger partial charge >= 0.3 is 5.97 Å². The summed E-state index contributed by atoms with van der Waals surface area (Å²) >= 11 is 1.69. The summed E-state index contributed by atoms with van der Waals surface area (Å²) in [4.78, 5) is 13.0. The molecule has 1 aromatic rings. The third-order valence-corrected chi connectivity index (χ3v) is 3.69. The van der Waals surface area contributed by atoms with E-state index in [1.165, 1.54) is 0 Å². The maximum Gasteiger partial charge on any atom is 0.315 e. The Bertz CT molecular complexity index is 447. The third-order valence-electron chi connectivity index (χ3n) is 2.51. The van der Waals surface area contributed by atoms with Crippen LogP contribution >= 0.6 is 11.8 Å². The molecule has 2 nitrogen and oxygen atoms in total. The van der Waals surface area contributed by atoms with Crippen molar-refractivity contribution in [3.63, 3.8) is 0 Å². The van der Waals surface area contributed by atoms with E-state index in [0.717, 1.165) is 16.2 Å². The molecule has 0 radical (unpaired) electrons. The minimum absolute atomic E-state index is 0.169. The lowest BCUT2D eigenvalue weighted by molar-refractivity contribution is -0.147. The van der Waals surface area contributed by atoms with Gasteiger partial charge in [-0.05, 0) is 18.6 Å². The van der Waals surface area contributed by atoms with Crippen molar-refractivity contribution in [1.29, 1.82) is 0 Å². The first-order valence-corrected chi connectivity index (χ1v) is 6.09. The standard InChI is InChI=1S/C13H12O2S/c1-3-9(2)15-13(14)11-8-16-12-7-5-4-6-10(11)12/h1,4-7,9,11H,8H2,2H3/t9-,11+/m0/s1.